The molecule has 0 aliphatic heterocycles. The minimum absolute atomic E-state index is 0.599. The summed E-state index contributed by atoms with van der Waals surface area (Å²) < 4.78 is 2.64. The Labute approximate surface area is 66.1 Å². The molecule has 0 radical (unpaired) electrons. The Morgan fingerprint density at radius 2 is 2.14 bits per heavy atom. The van der Waals surface area contributed by atoms with Gasteiger partial charge < -0.3 is 4.43 Å². The zero-order chi connectivity index (χ0) is 5.91. The number of rotatable bonds is 2. The highest BCUT2D eigenvalue weighted by Crippen LogP contribution is 2.23. The van der Waals surface area contributed by atoms with E-state index in [1.54, 1.807) is 0 Å². The number of hydrogen-bond donors (Lipinski definition) is 0. The molecule has 0 aliphatic carbocycles. The van der Waals surface area contributed by atoms with Crippen LogP contribution in [-0.2, 0) is 4.43 Å². The highest BCUT2D eigenvalue weighted by molar-refractivity contribution is 14.1. The van der Waals surface area contributed by atoms with Gasteiger partial charge in [0.25, 0.3) is 0 Å². The highest BCUT2D eigenvalue weighted by atomic mass is 127. The first kappa shape index (κ1) is 8.49. The quantitative estimate of drug-likeness (QED) is 0.425. The fraction of sp³-hybridized carbons (Fsp3) is 1.00. The summed E-state index contributed by atoms with van der Waals surface area (Å²) in [5.41, 5.74) is 0. The van der Waals surface area contributed by atoms with Crippen LogP contribution in [0.15, 0.2) is 0 Å². The third-order valence-corrected chi connectivity index (χ3v) is 2.51. The van der Waals surface area contributed by atoms with Gasteiger partial charge in [-0.1, -0.05) is 0 Å². The maximum absolute atomic E-state index is 5.50. The molecule has 7 heavy (non-hydrogen) atoms. The molecule has 1 nitrogen and oxygen atoms in total. The molecule has 0 saturated heterocycles. The van der Waals surface area contributed by atoms with Crippen LogP contribution in [0.5, 0.6) is 0 Å². The van der Waals surface area contributed by atoms with Crippen molar-refractivity contribution >= 4 is 48.4 Å². The Hall–Kier alpha value is 1.49. The van der Waals surface area contributed by atoms with E-state index in [1.165, 1.54) is 0 Å². The van der Waals surface area contributed by atoms with Crippen molar-refractivity contribution in [1.29, 1.82) is 0 Å². The molecule has 0 rings (SSSR count). The van der Waals surface area contributed by atoms with Crippen LogP contribution in [0.2, 0.25) is 0 Å². The van der Waals surface area contributed by atoms with Crippen molar-refractivity contribution < 1.29 is 4.43 Å². The van der Waals surface area contributed by atoms with E-state index < -0.39 is 4.43 Å². The van der Waals surface area contributed by atoms with Crippen LogP contribution >= 0.6 is 44.0 Å². The standard InChI is InChI=1S/C2H5Cl2IOSi/c1-2-6-7(3,4)5/h2H2,1H3. The Bertz CT molecular complexity index is 54.1. The SMILES string of the molecule is CCO[Si](Cl)(Cl)I. The van der Waals surface area contributed by atoms with Gasteiger partial charge in [0, 0.05) is 6.61 Å². The van der Waals surface area contributed by atoms with E-state index in [-0.39, 0.29) is 0 Å². The molecule has 0 spiro atoms. The summed E-state index contributed by atoms with van der Waals surface area (Å²) in [5.74, 6) is 0. The second kappa shape index (κ2) is 3.50. The molecule has 0 unspecified atom stereocenters. The van der Waals surface area contributed by atoms with Gasteiger partial charge in [0.05, 0.1) is 0 Å². The van der Waals surface area contributed by atoms with Crippen LogP contribution in [0, 0.1) is 0 Å². The monoisotopic (exact) mass is 270 g/mol. The van der Waals surface area contributed by atoms with Crippen molar-refractivity contribution in [3.8, 4) is 0 Å². The van der Waals surface area contributed by atoms with E-state index in [0.29, 0.717) is 6.61 Å². The molecule has 0 aromatic rings. The second-order valence-electron chi connectivity index (χ2n) is 0.879. The van der Waals surface area contributed by atoms with Gasteiger partial charge in [-0.05, 0) is 28.7 Å². The molecule has 0 fully saturated rings. The molecule has 0 heterocycles. The third kappa shape index (κ3) is 7.49. The molecule has 0 bridgehead atoms. The molecular weight excluding hydrogens is 266 g/mol. The minimum Gasteiger partial charge on any atom is -0.385 e. The van der Waals surface area contributed by atoms with Crippen molar-refractivity contribution in [2.45, 2.75) is 6.92 Å². The first-order valence-electron chi connectivity index (χ1n) is 1.77. The second-order valence-corrected chi connectivity index (χ2v) is 14.2. The molecule has 0 saturated carbocycles. The van der Waals surface area contributed by atoms with Crippen LogP contribution in [0.25, 0.3) is 0 Å². The van der Waals surface area contributed by atoms with Gasteiger partial charge in [0.1, 0.15) is 0 Å². The molecule has 0 aromatic heterocycles. The maximum Gasteiger partial charge on any atom is 0.458 e. The van der Waals surface area contributed by atoms with E-state index in [9.17, 15) is 0 Å². The summed E-state index contributed by atoms with van der Waals surface area (Å²) in [4.78, 5) is 0. The fourth-order valence-corrected chi connectivity index (χ4v) is 2.08. The lowest BCUT2D eigenvalue weighted by Crippen LogP contribution is -2.13. The normalized spacial score (nSPS) is 12.0. The summed E-state index contributed by atoms with van der Waals surface area (Å²) >= 11 is 12.9. The Morgan fingerprint density at radius 3 is 2.14 bits per heavy atom. The number of hydrogen-bond acceptors (Lipinski definition) is 1. The molecular formula is C2H5Cl2IOSi. The molecule has 5 heteroatoms. The van der Waals surface area contributed by atoms with E-state index in [4.69, 9.17) is 26.6 Å². The van der Waals surface area contributed by atoms with Crippen molar-refractivity contribution in [3.05, 3.63) is 0 Å². The predicted molar refractivity (Wildman–Crippen MR) is 43.1 cm³/mol. The largest absolute Gasteiger partial charge is 0.458 e. The average Bonchev–Trinajstić information content (AvgIpc) is 1.30. The molecule has 0 atom stereocenters. The van der Waals surface area contributed by atoms with E-state index in [1.807, 2.05) is 28.7 Å². The van der Waals surface area contributed by atoms with Crippen LogP contribution in [-0.4, -0.2) is 11.0 Å². The number of halogens is 3. The van der Waals surface area contributed by atoms with Gasteiger partial charge in [-0.25, -0.2) is 0 Å². The summed E-state index contributed by atoms with van der Waals surface area (Å²) in [6.07, 6.45) is 0. The van der Waals surface area contributed by atoms with Crippen LogP contribution < -0.4 is 0 Å². The molecule has 0 N–H and O–H groups in total. The van der Waals surface area contributed by atoms with Gasteiger partial charge >= 0.3 is 4.43 Å². The van der Waals surface area contributed by atoms with Crippen molar-refractivity contribution in [2.75, 3.05) is 6.61 Å². The Morgan fingerprint density at radius 1 is 1.71 bits per heavy atom. The predicted octanol–water partition coefficient (Wildman–Crippen LogP) is 2.37. The summed E-state index contributed by atoms with van der Waals surface area (Å²) in [5, 5.41) is 0. The summed E-state index contributed by atoms with van der Waals surface area (Å²) in [6, 6.07) is 0. The van der Waals surface area contributed by atoms with E-state index >= 15 is 0 Å². The minimum atomic E-state index is -2.24. The van der Waals surface area contributed by atoms with Crippen molar-refractivity contribution in [1.82, 2.24) is 0 Å². The van der Waals surface area contributed by atoms with Crippen LogP contribution in [0.1, 0.15) is 6.92 Å². The van der Waals surface area contributed by atoms with Crippen LogP contribution in [0.4, 0.5) is 0 Å². The lowest BCUT2D eigenvalue weighted by Gasteiger charge is -2.04. The lowest BCUT2D eigenvalue weighted by molar-refractivity contribution is 0.364. The zero-order valence-electron chi connectivity index (χ0n) is 3.75. The maximum atomic E-state index is 5.50. The third-order valence-electron chi connectivity index (χ3n) is 0.308. The molecule has 0 aliphatic rings. The van der Waals surface area contributed by atoms with Gasteiger partial charge in [0.15, 0.2) is 0 Å². The fourth-order valence-electron chi connectivity index (χ4n) is 0.164. The average molecular weight is 271 g/mol. The van der Waals surface area contributed by atoms with E-state index in [0.717, 1.165) is 0 Å². The summed E-state index contributed by atoms with van der Waals surface area (Å²) in [7, 11) is 0. The zero-order valence-corrected chi connectivity index (χ0v) is 8.42. The summed E-state index contributed by atoms with van der Waals surface area (Å²) in [6.45, 7) is 2.47. The Kier molecular flexibility index (Phi) is 4.24. The molecule has 0 aromatic carbocycles. The molecule has 0 amide bonds. The van der Waals surface area contributed by atoms with Gasteiger partial charge in [-0.15, -0.1) is 22.2 Å². The van der Waals surface area contributed by atoms with Crippen LogP contribution in [0.3, 0.4) is 0 Å². The first-order chi connectivity index (χ1) is 3.06. The lowest BCUT2D eigenvalue weighted by atomic mass is 10.9. The highest BCUT2D eigenvalue weighted by Gasteiger charge is 2.24. The van der Waals surface area contributed by atoms with E-state index in [2.05, 4.69) is 0 Å². The topological polar surface area (TPSA) is 9.23 Å². The Balaban J connectivity index is 3.15. The van der Waals surface area contributed by atoms with Gasteiger partial charge in [-0.2, -0.15) is 0 Å². The smallest absolute Gasteiger partial charge is 0.385 e. The first-order valence-corrected chi connectivity index (χ1v) is 8.81. The van der Waals surface area contributed by atoms with Gasteiger partial charge in [-0.3, -0.25) is 0 Å². The van der Waals surface area contributed by atoms with Crippen molar-refractivity contribution in [2.24, 2.45) is 0 Å². The molecule has 44 valence electrons. The van der Waals surface area contributed by atoms with Crippen molar-refractivity contribution in [3.63, 3.8) is 0 Å². The van der Waals surface area contributed by atoms with Gasteiger partial charge in [0.2, 0.25) is 0 Å².